The van der Waals surface area contributed by atoms with Crippen LogP contribution >= 0.6 is 0 Å². The molecule has 1 saturated heterocycles. The van der Waals surface area contributed by atoms with Crippen molar-refractivity contribution in [2.24, 2.45) is 5.41 Å². The van der Waals surface area contributed by atoms with Crippen molar-refractivity contribution in [3.05, 3.63) is 54.5 Å². The molecule has 1 aromatic carbocycles. The lowest BCUT2D eigenvalue weighted by atomic mass is 9.83. The Morgan fingerprint density at radius 2 is 2.03 bits per heavy atom. The Bertz CT molecular complexity index is 1030. The van der Waals surface area contributed by atoms with Gasteiger partial charge < -0.3 is 20.5 Å². The third kappa shape index (κ3) is 4.30. The molecular weight excluding hydrogens is 368 g/mol. The lowest BCUT2D eigenvalue weighted by Gasteiger charge is -2.33. The van der Waals surface area contributed by atoms with E-state index in [9.17, 15) is 4.79 Å². The molecule has 29 heavy (non-hydrogen) atoms. The number of carbonyl (C=O) groups is 1. The largest absolute Gasteiger partial charge is 0.477 e. The highest BCUT2D eigenvalue weighted by Crippen LogP contribution is 2.32. The Kier molecular flexibility index (Phi) is 5.31. The molecule has 2 aromatic heterocycles. The summed E-state index contributed by atoms with van der Waals surface area (Å²) < 4.78 is 11.5. The number of ether oxygens (including phenoxy) is 2. The Morgan fingerprint density at radius 3 is 2.83 bits per heavy atom. The molecule has 0 atom stereocenters. The molecule has 3 aromatic rings. The smallest absolute Gasteiger partial charge is 0.276 e. The van der Waals surface area contributed by atoms with Crippen molar-refractivity contribution < 1.29 is 14.3 Å². The van der Waals surface area contributed by atoms with Gasteiger partial charge in [-0.1, -0.05) is 6.92 Å². The number of nitrogens with zero attached hydrogens (tertiary/aromatic N) is 2. The summed E-state index contributed by atoms with van der Waals surface area (Å²) in [5.41, 5.74) is 7.13. The van der Waals surface area contributed by atoms with Gasteiger partial charge in [-0.3, -0.25) is 4.79 Å². The molecule has 7 heteroatoms. The van der Waals surface area contributed by atoms with Gasteiger partial charge in [-0.15, -0.1) is 0 Å². The predicted octanol–water partition coefficient (Wildman–Crippen LogP) is 3.66. The van der Waals surface area contributed by atoms with Crippen molar-refractivity contribution in [3.63, 3.8) is 0 Å². The topological polar surface area (TPSA) is 99.4 Å². The second-order valence-corrected chi connectivity index (χ2v) is 7.66. The summed E-state index contributed by atoms with van der Waals surface area (Å²) in [5, 5.41) is 4.67. The highest BCUT2D eigenvalue weighted by Gasteiger charge is 2.28. The fourth-order valence-corrected chi connectivity index (χ4v) is 3.39. The molecule has 0 bridgehead atoms. The molecule has 7 nitrogen and oxygen atoms in total. The molecule has 150 valence electrons. The van der Waals surface area contributed by atoms with Gasteiger partial charge in [-0.25, -0.2) is 9.97 Å². The Labute approximate surface area is 169 Å². The molecule has 3 N–H and O–H groups in total. The number of aromatic nitrogens is 2. The molecule has 1 fully saturated rings. The number of benzene rings is 1. The van der Waals surface area contributed by atoms with E-state index in [2.05, 4.69) is 22.2 Å². The van der Waals surface area contributed by atoms with E-state index in [4.69, 9.17) is 15.2 Å². The maximum atomic E-state index is 12.5. The van der Waals surface area contributed by atoms with Gasteiger partial charge in [0.25, 0.3) is 5.91 Å². The summed E-state index contributed by atoms with van der Waals surface area (Å²) in [4.78, 5) is 20.9. The number of nitrogen functional groups attached to an aromatic ring is 1. The number of carbonyl (C=O) groups excluding carboxylic acids is 1. The van der Waals surface area contributed by atoms with Crippen LogP contribution in [0.3, 0.4) is 0 Å². The fourth-order valence-electron chi connectivity index (χ4n) is 3.39. The molecule has 1 aliphatic heterocycles. The van der Waals surface area contributed by atoms with E-state index < -0.39 is 0 Å². The standard InChI is InChI=1S/C22H24N4O3/c1-22(7-11-28-12-8-22)14-29-21-17-5-4-16(13-15(17)6-10-25-21)26-20(27)19-18(23)3-2-9-24-19/h2-6,9-10,13H,7-8,11-12,14,23H2,1H3,(H,26,27). The third-order valence-electron chi connectivity index (χ3n) is 5.30. The van der Waals surface area contributed by atoms with Crippen LogP contribution in [0.2, 0.25) is 0 Å². The molecular formula is C22H24N4O3. The number of nitrogens with two attached hydrogens (primary N) is 1. The molecule has 0 radical (unpaired) electrons. The molecule has 3 heterocycles. The minimum Gasteiger partial charge on any atom is -0.477 e. The quantitative estimate of drug-likeness (QED) is 0.687. The maximum Gasteiger partial charge on any atom is 0.276 e. The fraction of sp³-hybridized carbons (Fsp3) is 0.318. The molecule has 0 aliphatic carbocycles. The van der Waals surface area contributed by atoms with E-state index >= 15 is 0 Å². The average molecular weight is 392 g/mol. The molecule has 0 spiro atoms. The van der Waals surface area contributed by atoms with Crippen LogP contribution in [-0.2, 0) is 4.74 Å². The first-order valence-corrected chi connectivity index (χ1v) is 9.65. The van der Waals surface area contributed by atoms with Crippen molar-refractivity contribution in [1.82, 2.24) is 9.97 Å². The second-order valence-electron chi connectivity index (χ2n) is 7.66. The Morgan fingerprint density at radius 1 is 1.21 bits per heavy atom. The molecule has 0 saturated carbocycles. The van der Waals surface area contributed by atoms with Crippen molar-refractivity contribution in [2.75, 3.05) is 30.9 Å². The summed E-state index contributed by atoms with van der Waals surface area (Å²) in [5.74, 6) is 0.252. The highest BCUT2D eigenvalue weighted by atomic mass is 16.5. The number of hydrogen-bond donors (Lipinski definition) is 2. The lowest BCUT2D eigenvalue weighted by Crippen LogP contribution is -2.32. The van der Waals surface area contributed by atoms with Crippen LogP contribution in [0.5, 0.6) is 5.88 Å². The van der Waals surface area contributed by atoms with Crippen molar-refractivity contribution in [3.8, 4) is 5.88 Å². The van der Waals surface area contributed by atoms with Crippen LogP contribution < -0.4 is 15.8 Å². The SMILES string of the molecule is CC1(COc2nccc3cc(NC(=O)c4ncccc4N)ccc23)CCOCC1. The summed E-state index contributed by atoms with van der Waals surface area (Å²) in [6.07, 6.45) is 5.21. The number of anilines is 2. The Hall–Kier alpha value is -3.19. The summed E-state index contributed by atoms with van der Waals surface area (Å²) in [7, 11) is 0. The van der Waals surface area contributed by atoms with E-state index in [0.717, 1.165) is 36.8 Å². The van der Waals surface area contributed by atoms with Crippen LogP contribution in [-0.4, -0.2) is 35.7 Å². The minimum atomic E-state index is -0.347. The average Bonchev–Trinajstić information content (AvgIpc) is 2.73. The van der Waals surface area contributed by atoms with Crippen molar-refractivity contribution in [2.45, 2.75) is 19.8 Å². The van der Waals surface area contributed by atoms with E-state index in [0.29, 0.717) is 23.9 Å². The van der Waals surface area contributed by atoms with Gasteiger partial charge in [0.05, 0.1) is 12.3 Å². The van der Waals surface area contributed by atoms with Gasteiger partial charge in [0.15, 0.2) is 5.69 Å². The first kappa shape index (κ1) is 19.1. The summed E-state index contributed by atoms with van der Waals surface area (Å²) in [6.45, 7) is 4.36. The molecule has 1 amide bonds. The van der Waals surface area contributed by atoms with Crippen molar-refractivity contribution >= 4 is 28.1 Å². The zero-order valence-electron chi connectivity index (χ0n) is 16.4. The van der Waals surface area contributed by atoms with Crippen LogP contribution in [0, 0.1) is 5.41 Å². The zero-order valence-corrected chi connectivity index (χ0v) is 16.4. The molecule has 0 unspecified atom stereocenters. The van der Waals surface area contributed by atoms with Crippen LogP contribution in [0.25, 0.3) is 10.8 Å². The van der Waals surface area contributed by atoms with E-state index in [1.807, 2.05) is 24.3 Å². The van der Waals surface area contributed by atoms with Crippen LogP contribution in [0.1, 0.15) is 30.3 Å². The predicted molar refractivity (Wildman–Crippen MR) is 112 cm³/mol. The van der Waals surface area contributed by atoms with Gasteiger partial charge >= 0.3 is 0 Å². The maximum absolute atomic E-state index is 12.5. The molecule has 4 rings (SSSR count). The number of amides is 1. The van der Waals surface area contributed by atoms with Gasteiger partial charge in [-0.2, -0.15) is 0 Å². The normalized spacial score (nSPS) is 15.8. The number of pyridine rings is 2. The zero-order chi connectivity index (χ0) is 20.3. The molecule has 1 aliphatic rings. The lowest BCUT2D eigenvalue weighted by molar-refractivity contribution is -0.000206. The summed E-state index contributed by atoms with van der Waals surface area (Å²) in [6, 6.07) is 10.8. The highest BCUT2D eigenvalue weighted by molar-refractivity contribution is 6.07. The minimum absolute atomic E-state index is 0.0959. The monoisotopic (exact) mass is 392 g/mol. The van der Waals surface area contributed by atoms with Gasteiger partial charge in [0.2, 0.25) is 5.88 Å². The second kappa shape index (κ2) is 8.05. The number of hydrogen-bond acceptors (Lipinski definition) is 6. The number of fused-ring (bicyclic) bond motifs is 1. The van der Waals surface area contributed by atoms with Crippen molar-refractivity contribution in [1.29, 1.82) is 0 Å². The third-order valence-corrected chi connectivity index (χ3v) is 5.30. The van der Waals surface area contributed by atoms with Crippen LogP contribution in [0.15, 0.2) is 48.8 Å². The summed E-state index contributed by atoms with van der Waals surface area (Å²) >= 11 is 0. The first-order valence-electron chi connectivity index (χ1n) is 9.65. The van der Waals surface area contributed by atoms with Gasteiger partial charge in [-0.05, 0) is 54.6 Å². The van der Waals surface area contributed by atoms with E-state index in [-0.39, 0.29) is 17.0 Å². The van der Waals surface area contributed by atoms with Gasteiger partial charge in [0.1, 0.15) is 0 Å². The Balaban J connectivity index is 1.51. The van der Waals surface area contributed by atoms with Crippen LogP contribution in [0.4, 0.5) is 11.4 Å². The number of rotatable bonds is 5. The van der Waals surface area contributed by atoms with Gasteiger partial charge in [0, 0.05) is 42.1 Å². The van der Waals surface area contributed by atoms with E-state index in [1.54, 1.807) is 24.5 Å². The number of nitrogens with one attached hydrogen (secondary N) is 1. The first-order chi connectivity index (χ1) is 14.0. The van der Waals surface area contributed by atoms with E-state index in [1.165, 1.54) is 0 Å².